The molecule has 0 unspecified atom stereocenters. The summed E-state index contributed by atoms with van der Waals surface area (Å²) in [5.74, 6) is -0.117. The molecule has 0 bridgehead atoms. The van der Waals surface area contributed by atoms with E-state index in [1.165, 1.54) is 6.92 Å². The number of carbonyl (C=O) groups is 2. The van der Waals surface area contributed by atoms with Crippen molar-refractivity contribution < 1.29 is 9.59 Å². The fraction of sp³-hybridized carbons (Fsp3) is 0.200. The maximum absolute atomic E-state index is 12.3. The van der Waals surface area contributed by atoms with E-state index in [1.54, 1.807) is 29.7 Å². The van der Waals surface area contributed by atoms with Crippen molar-refractivity contribution in [1.29, 1.82) is 0 Å². The van der Waals surface area contributed by atoms with Crippen molar-refractivity contribution in [2.75, 3.05) is 0 Å². The smallest absolute Gasteiger partial charge is 0.227 e. The molecule has 0 aliphatic rings. The minimum absolute atomic E-state index is 0.0452. The van der Waals surface area contributed by atoms with Crippen LogP contribution in [-0.2, 0) is 0 Å². The predicted molar refractivity (Wildman–Crippen MR) is 70.1 cm³/mol. The van der Waals surface area contributed by atoms with Crippen LogP contribution in [0.15, 0.2) is 36.4 Å². The molecule has 92 valence electrons. The molecule has 0 radical (unpaired) electrons. The Bertz CT molecular complexity index is 609. The highest BCUT2D eigenvalue weighted by atomic mass is 16.2. The van der Waals surface area contributed by atoms with Crippen molar-refractivity contribution in [2.45, 2.75) is 20.8 Å². The third-order valence-corrected chi connectivity index (χ3v) is 3.03. The number of carbonyl (C=O) groups excluding carboxylic acids is 2. The number of hydrogen-bond donors (Lipinski definition) is 0. The quantitative estimate of drug-likeness (QED) is 0.758. The fourth-order valence-corrected chi connectivity index (χ4v) is 2.22. The molecule has 0 aliphatic carbocycles. The number of rotatable bonds is 2. The van der Waals surface area contributed by atoms with Gasteiger partial charge in [-0.15, -0.1) is 0 Å². The molecule has 2 rings (SSSR count). The third-order valence-electron chi connectivity index (χ3n) is 3.03. The molecular weight excluding hydrogens is 226 g/mol. The Balaban J connectivity index is 2.51. The van der Waals surface area contributed by atoms with E-state index in [0.717, 1.165) is 5.69 Å². The van der Waals surface area contributed by atoms with Gasteiger partial charge in [0.1, 0.15) is 0 Å². The van der Waals surface area contributed by atoms with Crippen LogP contribution in [0.25, 0.3) is 0 Å². The van der Waals surface area contributed by atoms with Crippen LogP contribution in [0, 0.1) is 13.8 Å². The summed E-state index contributed by atoms with van der Waals surface area (Å²) >= 11 is 0. The van der Waals surface area contributed by atoms with Crippen LogP contribution in [0.3, 0.4) is 0 Å². The molecule has 3 heteroatoms. The van der Waals surface area contributed by atoms with Gasteiger partial charge in [-0.05, 0) is 19.9 Å². The van der Waals surface area contributed by atoms with Gasteiger partial charge in [0.15, 0.2) is 5.78 Å². The van der Waals surface area contributed by atoms with E-state index < -0.39 is 0 Å². The number of nitrogens with zero attached hydrogens (tertiary/aromatic N) is 1. The molecule has 0 atom stereocenters. The highest BCUT2D eigenvalue weighted by Crippen LogP contribution is 2.18. The third kappa shape index (κ3) is 1.99. The van der Waals surface area contributed by atoms with Gasteiger partial charge < -0.3 is 0 Å². The molecular formula is C15H15NO2. The highest BCUT2D eigenvalue weighted by molar-refractivity contribution is 6.10. The van der Waals surface area contributed by atoms with Gasteiger partial charge in [-0.25, -0.2) is 0 Å². The Morgan fingerprint density at radius 2 is 1.67 bits per heavy atom. The second kappa shape index (κ2) is 4.61. The summed E-state index contributed by atoms with van der Waals surface area (Å²) in [5, 5.41) is 0. The Kier molecular flexibility index (Phi) is 3.15. The van der Waals surface area contributed by atoms with E-state index in [4.69, 9.17) is 0 Å². The zero-order chi connectivity index (χ0) is 13.3. The summed E-state index contributed by atoms with van der Waals surface area (Å²) in [6, 6.07) is 10.9. The van der Waals surface area contributed by atoms with E-state index in [2.05, 4.69) is 0 Å². The monoisotopic (exact) mass is 241 g/mol. The van der Waals surface area contributed by atoms with Gasteiger partial charge in [0.25, 0.3) is 0 Å². The zero-order valence-corrected chi connectivity index (χ0v) is 10.7. The molecule has 3 nitrogen and oxygen atoms in total. The van der Waals surface area contributed by atoms with Crippen LogP contribution in [0.1, 0.15) is 39.0 Å². The maximum Gasteiger partial charge on any atom is 0.227 e. The van der Waals surface area contributed by atoms with Gasteiger partial charge >= 0.3 is 0 Å². The number of aryl methyl sites for hydroxylation is 1. The van der Waals surface area contributed by atoms with Crippen LogP contribution in [0.4, 0.5) is 0 Å². The van der Waals surface area contributed by atoms with E-state index in [0.29, 0.717) is 16.8 Å². The lowest BCUT2D eigenvalue weighted by Crippen LogP contribution is -2.10. The van der Waals surface area contributed by atoms with Crippen LogP contribution in [0.5, 0.6) is 0 Å². The summed E-state index contributed by atoms with van der Waals surface area (Å²) in [7, 11) is 0. The summed E-state index contributed by atoms with van der Waals surface area (Å²) in [6.45, 7) is 5.12. The Hall–Kier alpha value is -2.16. The lowest BCUT2D eigenvalue weighted by Gasteiger charge is -2.04. The van der Waals surface area contributed by atoms with Crippen LogP contribution in [0.2, 0.25) is 0 Å². The average molecular weight is 241 g/mol. The van der Waals surface area contributed by atoms with Gasteiger partial charge in [-0.1, -0.05) is 30.3 Å². The summed E-state index contributed by atoms with van der Waals surface area (Å²) in [4.78, 5) is 23.8. The molecule has 0 amide bonds. The lowest BCUT2D eigenvalue weighted by molar-refractivity contribution is 0.0932. The highest BCUT2D eigenvalue weighted by Gasteiger charge is 2.18. The summed E-state index contributed by atoms with van der Waals surface area (Å²) in [6.07, 6.45) is 0. The van der Waals surface area contributed by atoms with Crippen molar-refractivity contribution >= 4 is 11.7 Å². The van der Waals surface area contributed by atoms with Crippen LogP contribution < -0.4 is 0 Å². The number of hydrogen-bond acceptors (Lipinski definition) is 2. The normalized spacial score (nSPS) is 10.4. The van der Waals surface area contributed by atoms with E-state index in [1.807, 2.05) is 25.1 Å². The molecule has 1 aromatic carbocycles. The van der Waals surface area contributed by atoms with Crippen molar-refractivity contribution in [3.63, 3.8) is 0 Å². The SMILES string of the molecule is CC(=O)n1c(C)cc(C(=O)c2ccccc2)c1C. The molecule has 0 aliphatic heterocycles. The van der Waals surface area contributed by atoms with Crippen molar-refractivity contribution in [1.82, 2.24) is 4.57 Å². The van der Waals surface area contributed by atoms with Gasteiger partial charge in [-0.3, -0.25) is 14.2 Å². The van der Waals surface area contributed by atoms with Gasteiger partial charge in [0.2, 0.25) is 5.91 Å². The van der Waals surface area contributed by atoms with Crippen molar-refractivity contribution in [3.8, 4) is 0 Å². The van der Waals surface area contributed by atoms with Crippen LogP contribution >= 0.6 is 0 Å². The largest absolute Gasteiger partial charge is 0.289 e. The molecule has 1 aromatic heterocycles. The maximum atomic E-state index is 12.3. The molecule has 0 saturated heterocycles. The number of benzene rings is 1. The fourth-order valence-electron chi connectivity index (χ4n) is 2.22. The Labute approximate surface area is 106 Å². The molecule has 0 spiro atoms. The van der Waals surface area contributed by atoms with Crippen LogP contribution in [-0.4, -0.2) is 16.3 Å². The first-order chi connectivity index (χ1) is 8.52. The first-order valence-electron chi connectivity index (χ1n) is 5.82. The molecule has 0 saturated carbocycles. The molecule has 0 fully saturated rings. The second-order valence-corrected chi connectivity index (χ2v) is 4.33. The van der Waals surface area contributed by atoms with Crippen molar-refractivity contribution in [2.24, 2.45) is 0 Å². The Morgan fingerprint density at radius 1 is 1.06 bits per heavy atom. The first kappa shape index (κ1) is 12.3. The molecule has 18 heavy (non-hydrogen) atoms. The number of ketones is 1. The zero-order valence-electron chi connectivity index (χ0n) is 10.7. The Morgan fingerprint density at radius 3 is 2.17 bits per heavy atom. The summed E-state index contributed by atoms with van der Waals surface area (Å²) in [5.41, 5.74) is 2.73. The van der Waals surface area contributed by atoms with Gasteiger partial charge in [-0.2, -0.15) is 0 Å². The minimum atomic E-state index is -0.0721. The first-order valence-corrected chi connectivity index (χ1v) is 5.82. The van der Waals surface area contributed by atoms with Gasteiger partial charge in [0.05, 0.1) is 0 Å². The van der Waals surface area contributed by atoms with E-state index in [9.17, 15) is 9.59 Å². The average Bonchev–Trinajstić information content (AvgIpc) is 2.65. The second-order valence-electron chi connectivity index (χ2n) is 4.33. The van der Waals surface area contributed by atoms with Crippen molar-refractivity contribution in [3.05, 3.63) is 58.9 Å². The van der Waals surface area contributed by atoms with E-state index in [-0.39, 0.29) is 11.7 Å². The summed E-state index contributed by atoms with van der Waals surface area (Å²) < 4.78 is 1.57. The molecule has 2 aromatic rings. The number of aromatic nitrogens is 1. The molecule has 1 heterocycles. The van der Waals surface area contributed by atoms with E-state index >= 15 is 0 Å². The topological polar surface area (TPSA) is 39.1 Å². The standard InChI is InChI=1S/C15H15NO2/c1-10-9-14(11(2)16(10)12(3)17)15(18)13-7-5-4-6-8-13/h4-9H,1-3H3. The van der Waals surface area contributed by atoms with Gasteiger partial charge in [0, 0.05) is 29.4 Å². The minimum Gasteiger partial charge on any atom is -0.289 e. The lowest BCUT2D eigenvalue weighted by atomic mass is 10.0. The molecule has 0 N–H and O–H groups in total. The predicted octanol–water partition coefficient (Wildman–Crippen LogP) is 3.00.